The molecular weight excluding hydrogens is 428 g/mol. The van der Waals surface area contributed by atoms with Crippen molar-refractivity contribution in [2.75, 3.05) is 17.2 Å². The summed E-state index contributed by atoms with van der Waals surface area (Å²) >= 11 is 1.61. The molecule has 4 rings (SSSR count). The minimum Gasteiger partial charge on any atom is -0.494 e. The Labute approximate surface area is 199 Å². The first-order chi connectivity index (χ1) is 16.1. The molecule has 5 heteroatoms. The van der Waals surface area contributed by atoms with Crippen LogP contribution in [0.4, 0.5) is 10.7 Å². The van der Waals surface area contributed by atoms with Gasteiger partial charge in [-0.2, -0.15) is 0 Å². The molecule has 168 valence electrons. The van der Waals surface area contributed by atoms with Crippen LogP contribution < -0.4 is 15.4 Å². The number of benzene rings is 3. The third-order valence-electron chi connectivity index (χ3n) is 5.59. The summed E-state index contributed by atoms with van der Waals surface area (Å²) in [7, 11) is 0. The highest BCUT2D eigenvalue weighted by Gasteiger charge is 2.25. The lowest BCUT2D eigenvalue weighted by Gasteiger charge is -2.23. The van der Waals surface area contributed by atoms with Gasteiger partial charge in [-0.15, -0.1) is 11.3 Å². The fourth-order valence-corrected chi connectivity index (χ4v) is 4.89. The number of carbonyl (C=O) groups excluding carboxylic acids is 1. The summed E-state index contributed by atoms with van der Waals surface area (Å²) in [6, 6.07) is 27.5. The number of thiophene rings is 1. The van der Waals surface area contributed by atoms with Crippen LogP contribution in [-0.4, -0.2) is 12.5 Å². The maximum Gasteiger partial charge on any atom is 0.256 e. The Hall–Kier alpha value is -3.57. The number of nitrogens with one attached hydrogen (secondary N) is 2. The lowest BCUT2D eigenvalue weighted by atomic mass is 9.96. The van der Waals surface area contributed by atoms with Crippen LogP contribution in [0.2, 0.25) is 0 Å². The molecular formula is C28H28N2O2S. The normalized spacial score (nSPS) is 11.6. The highest BCUT2D eigenvalue weighted by Crippen LogP contribution is 2.41. The maximum absolute atomic E-state index is 13.0. The van der Waals surface area contributed by atoms with E-state index >= 15 is 0 Å². The van der Waals surface area contributed by atoms with Crippen LogP contribution in [0.1, 0.15) is 44.9 Å². The van der Waals surface area contributed by atoms with Crippen molar-refractivity contribution in [1.82, 2.24) is 0 Å². The molecule has 0 spiro atoms. The van der Waals surface area contributed by atoms with E-state index in [1.807, 2.05) is 79.7 Å². The smallest absolute Gasteiger partial charge is 0.256 e. The summed E-state index contributed by atoms with van der Waals surface area (Å²) in [4.78, 5) is 14.1. The molecule has 0 fully saturated rings. The van der Waals surface area contributed by atoms with Gasteiger partial charge in [-0.05, 0) is 68.3 Å². The molecule has 2 N–H and O–H groups in total. The van der Waals surface area contributed by atoms with Crippen LogP contribution in [0.25, 0.3) is 0 Å². The number of anilines is 2. The van der Waals surface area contributed by atoms with E-state index in [1.54, 1.807) is 11.3 Å². The van der Waals surface area contributed by atoms with Crippen molar-refractivity contribution in [1.29, 1.82) is 0 Å². The van der Waals surface area contributed by atoms with Crippen molar-refractivity contribution in [3.05, 3.63) is 112 Å². The van der Waals surface area contributed by atoms with Gasteiger partial charge in [-0.25, -0.2) is 0 Å². The second-order valence-electron chi connectivity index (χ2n) is 7.79. The van der Waals surface area contributed by atoms with Crippen LogP contribution >= 0.6 is 11.3 Å². The zero-order chi connectivity index (χ0) is 23.2. The van der Waals surface area contributed by atoms with E-state index in [1.165, 1.54) is 10.4 Å². The fourth-order valence-electron chi connectivity index (χ4n) is 3.80. The van der Waals surface area contributed by atoms with Gasteiger partial charge < -0.3 is 15.4 Å². The van der Waals surface area contributed by atoms with E-state index in [-0.39, 0.29) is 11.9 Å². The summed E-state index contributed by atoms with van der Waals surface area (Å²) < 4.78 is 5.59. The van der Waals surface area contributed by atoms with Crippen molar-refractivity contribution < 1.29 is 9.53 Å². The molecule has 0 aliphatic carbocycles. The van der Waals surface area contributed by atoms with Crippen LogP contribution in [0.5, 0.6) is 5.75 Å². The molecule has 1 heterocycles. The molecule has 0 saturated heterocycles. The topological polar surface area (TPSA) is 50.4 Å². The van der Waals surface area contributed by atoms with E-state index in [2.05, 4.69) is 36.6 Å². The number of aryl methyl sites for hydroxylation is 1. The fraction of sp³-hybridized carbons (Fsp3) is 0.179. The summed E-state index contributed by atoms with van der Waals surface area (Å²) in [5.74, 6) is 0.740. The second kappa shape index (κ2) is 10.4. The zero-order valence-electron chi connectivity index (χ0n) is 19.1. The highest BCUT2D eigenvalue weighted by molar-refractivity contribution is 7.16. The van der Waals surface area contributed by atoms with Gasteiger partial charge in [0.25, 0.3) is 5.91 Å². The molecule has 0 bridgehead atoms. The zero-order valence-corrected chi connectivity index (χ0v) is 19.9. The molecule has 0 radical (unpaired) electrons. The molecule has 0 aliphatic rings. The maximum atomic E-state index is 13.0. The summed E-state index contributed by atoms with van der Waals surface area (Å²) in [5.41, 5.74) is 5.01. The predicted molar refractivity (Wildman–Crippen MR) is 138 cm³/mol. The molecule has 0 saturated carbocycles. The Morgan fingerprint density at radius 3 is 2.18 bits per heavy atom. The number of amides is 1. The molecule has 1 aromatic heterocycles. The number of rotatable bonds is 8. The van der Waals surface area contributed by atoms with Crippen LogP contribution in [-0.2, 0) is 0 Å². The van der Waals surface area contributed by atoms with E-state index in [0.29, 0.717) is 12.2 Å². The van der Waals surface area contributed by atoms with Crippen LogP contribution in [0, 0.1) is 13.8 Å². The highest BCUT2D eigenvalue weighted by atomic mass is 32.1. The van der Waals surface area contributed by atoms with Crippen molar-refractivity contribution in [2.24, 2.45) is 0 Å². The van der Waals surface area contributed by atoms with Crippen molar-refractivity contribution in [3.8, 4) is 5.75 Å². The second-order valence-corrected chi connectivity index (χ2v) is 9.02. The van der Waals surface area contributed by atoms with Gasteiger partial charge in [0.1, 0.15) is 10.8 Å². The largest absolute Gasteiger partial charge is 0.494 e. The lowest BCUT2D eigenvalue weighted by Crippen LogP contribution is -2.17. The molecule has 3 aromatic carbocycles. The lowest BCUT2D eigenvalue weighted by molar-refractivity contribution is 0.102. The summed E-state index contributed by atoms with van der Waals surface area (Å²) in [6.45, 7) is 6.83. The Morgan fingerprint density at radius 1 is 0.909 bits per heavy atom. The predicted octanol–water partition coefficient (Wildman–Crippen LogP) is 7.22. The summed E-state index contributed by atoms with van der Waals surface area (Å²) in [5, 5.41) is 7.73. The Kier molecular flexibility index (Phi) is 7.10. The molecule has 4 nitrogen and oxygen atoms in total. The number of ether oxygens (including phenoxy) is 1. The monoisotopic (exact) mass is 456 g/mol. The summed E-state index contributed by atoms with van der Waals surface area (Å²) in [6.07, 6.45) is 0. The SMILES string of the molecule is CCOc1ccc(NC(c2ccccc2)c2c(NC(=O)c3ccccc3)sc(C)c2C)cc1. The van der Waals surface area contributed by atoms with Gasteiger partial charge in [0.15, 0.2) is 0 Å². The quantitative estimate of drug-likeness (QED) is 0.294. The average molecular weight is 457 g/mol. The van der Waals surface area contributed by atoms with Gasteiger partial charge in [-0.1, -0.05) is 48.5 Å². The van der Waals surface area contributed by atoms with E-state index in [0.717, 1.165) is 27.6 Å². The molecule has 4 aromatic rings. The van der Waals surface area contributed by atoms with Crippen molar-refractivity contribution >= 4 is 27.9 Å². The first-order valence-electron chi connectivity index (χ1n) is 11.1. The molecule has 33 heavy (non-hydrogen) atoms. The first-order valence-corrected chi connectivity index (χ1v) is 11.9. The number of hydrogen-bond acceptors (Lipinski definition) is 4. The third kappa shape index (κ3) is 5.26. The molecule has 1 amide bonds. The van der Waals surface area contributed by atoms with E-state index in [9.17, 15) is 4.79 Å². The number of carbonyl (C=O) groups is 1. The first kappa shape index (κ1) is 22.6. The van der Waals surface area contributed by atoms with Crippen molar-refractivity contribution in [2.45, 2.75) is 26.8 Å². The van der Waals surface area contributed by atoms with Gasteiger partial charge in [0.2, 0.25) is 0 Å². The van der Waals surface area contributed by atoms with Crippen molar-refractivity contribution in [3.63, 3.8) is 0 Å². The van der Waals surface area contributed by atoms with Crippen LogP contribution in [0.3, 0.4) is 0 Å². The third-order valence-corrected chi connectivity index (χ3v) is 6.73. The Bertz CT molecular complexity index is 1200. The van der Waals surface area contributed by atoms with Gasteiger partial charge >= 0.3 is 0 Å². The molecule has 1 unspecified atom stereocenters. The number of hydrogen-bond donors (Lipinski definition) is 2. The van der Waals surface area contributed by atoms with Gasteiger partial charge in [-0.3, -0.25) is 4.79 Å². The van der Waals surface area contributed by atoms with Gasteiger partial charge in [0, 0.05) is 21.7 Å². The Morgan fingerprint density at radius 2 is 1.55 bits per heavy atom. The standard InChI is InChI=1S/C28H28N2O2S/c1-4-32-24-17-15-23(16-18-24)29-26(21-11-7-5-8-12-21)25-19(2)20(3)33-28(25)30-27(31)22-13-9-6-10-14-22/h5-18,26,29H,4H2,1-3H3,(H,30,31). The Balaban J connectivity index is 1.72. The molecule has 1 atom stereocenters. The average Bonchev–Trinajstić information content (AvgIpc) is 3.12. The minimum atomic E-state index is -0.125. The van der Waals surface area contributed by atoms with E-state index in [4.69, 9.17) is 4.74 Å². The molecule has 0 aliphatic heterocycles. The minimum absolute atomic E-state index is 0.106. The van der Waals surface area contributed by atoms with Gasteiger partial charge in [0.05, 0.1) is 12.6 Å². The van der Waals surface area contributed by atoms with E-state index < -0.39 is 0 Å². The van der Waals surface area contributed by atoms with Crippen LogP contribution in [0.15, 0.2) is 84.9 Å².